The quantitative estimate of drug-likeness (QED) is 0.587. The Morgan fingerprint density at radius 3 is 2.75 bits per heavy atom. The number of fused-ring (bicyclic) bond motifs is 1. The van der Waals surface area contributed by atoms with Crippen molar-refractivity contribution >= 4 is 17.1 Å². The fourth-order valence-electron chi connectivity index (χ4n) is 2.89. The van der Waals surface area contributed by atoms with Gasteiger partial charge in [0.15, 0.2) is 17.2 Å². The summed E-state index contributed by atoms with van der Waals surface area (Å²) in [4.78, 5) is 29.5. The lowest BCUT2D eigenvalue weighted by atomic mass is 10.2. The van der Waals surface area contributed by atoms with Crippen LogP contribution >= 0.6 is 0 Å². The molecule has 0 bridgehead atoms. The highest BCUT2D eigenvalue weighted by Crippen LogP contribution is 2.20. The number of carbonyl (C=O) groups excluding carboxylic acids is 1. The van der Waals surface area contributed by atoms with E-state index in [1.807, 2.05) is 43.5 Å². The van der Waals surface area contributed by atoms with Crippen LogP contribution in [-0.2, 0) is 6.42 Å². The maximum atomic E-state index is 12.4. The Labute approximate surface area is 161 Å². The summed E-state index contributed by atoms with van der Waals surface area (Å²) in [7, 11) is 0. The largest absolute Gasteiger partial charge is 0.432 e. The number of rotatable bonds is 4. The molecule has 0 radical (unpaired) electrons. The zero-order valence-corrected chi connectivity index (χ0v) is 15.5. The van der Waals surface area contributed by atoms with E-state index in [9.17, 15) is 4.79 Å². The lowest BCUT2D eigenvalue weighted by Crippen LogP contribution is -2.26. The third kappa shape index (κ3) is 3.39. The number of amides is 1. The molecular weight excluding hydrogens is 356 g/mol. The Morgan fingerprint density at radius 1 is 1.14 bits per heavy atom. The minimum atomic E-state index is -0.650. The van der Waals surface area contributed by atoms with Crippen LogP contribution in [0.25, 0.3) is 22.6 Å². The average molecular weight is 374 g/mol. The number of nitrogens with one attached hydrogen (secondary N) is 1. The van der Waals surface area contributed by atoms with Gasteiger partial charge in [-0.3, -0.25) is 4.98 Å². The van der Waals surface area contributed by atoms with E-state index in [2.05, 4.69) is 25.4 Å². The van der Waals surface area contributed by atoms with Gasteiger partial charge in [0.2, 0.25) is 0 Å². The van der Waals surface area contributed by atoms with Crippen molar-refractivity contribution in [1.82, 2.24) is 24.6 Å². The molecule has 0 aliphatic rings. The second-order valence-corrected chi connectivity index (χ2v) is 6.11. The molecule has 1 amide bonds. The number of carbonyl (C=O) groups is 1. The Balaban J connectivity index is 1.53. The number of pyridine rings is 2. The van der Waals surface area contributed by atoms with E-state index in [0.717, 1.165) is 17.4 Å². The first kappa shape index (κ1) is 17.6. The van der Waals surface area contributed by atoms with Gasteiger partial charge in [0.05, 0.1) is 11.9 Å². The maximum absolute atomic E-state index is 12.4. The standard InChI is InChI=1S/C20H18N6O2/c1-3-14-12-26(19-15(14)7-6-10-22-19)25-20(27)28-17-11-23-18(24-13(17)2)16-8-4-5-9-21-16/h4-12H,3H2,1-2H3,(H,25,27). The van der Waals surface area contributed by atoms with E-state index in [-0.39, 0.29) is 5.75 Å². The van der Waals surface area contributed by atoms with Crippen molar-refractivity contribution in [2.75, 3.05) is 5.43 Å². The van der Waals surface area contributed by atoms with Crippen LogP contribution in [0.4, 0.5) is 4.79 Å². The summed E-state index contributed by atoms with van der Waals surface area (Å²) in [6.45, 7) is 3.80. The number of aromatic nitrogens is 5. The Morgan fingerprint density at radius 2 is 2.00 bits per heavy atom. The summed E-state index contributed by atoms with van der Waals surface area (Å²) >= 11 is 0. The van der Waals surface area contributed by atoms with E-state index >= 15 is 0 Å². The smallest absolute Gasteiger partial charge is 0.406 e. The summed E-state index contributed by atoms with van der Waals surface area (Å²) in [5.41, 5.74) is 5.62. The monoisotopic (exact) mass is 374 g/mol. The number of nitrogens with zero attached hydrogens (tertiary/aromatic N) is 5. The van der Waals surface area contributed by atoms with E-state index in [0.29, 0.717) is 22.9 Å². The molecule has 0 saturated heterocycles. The third-order valence-corrected chi connectivity index (χ3v) is 4.27. The molecular formula is C20H18N6O2. The van der Waals surface area contributed by atoms with Gasteiger partial charge in [-0.25, -0.2) is 29.8 Å². The fourth-order valence-corrected chi connectivity index (χ4v) is 2.89. The molecule has 0 spiro atoms. The van der Waals surface area contributed by atoms with Gasteiger partial charge in [0, 0.05) is 24.0 Å². The molecule has 4 rings (SSSR count). The maximum Gasteiger partial charge on any atom is 0.432 e. The molecule has 0 atom stereocenters. The van der Waals surface area contributed by atoms with Crippen molar-refractivity contribution in [3.8, 4) is 17.3 Å². The van der Waals surface area contributed by atoms with Gasteiger partial charge >= 0.3 is 6.09 Å². The Kier molecular flexibility index (Phi) is 4.67. The first-order valence-corrected chi connectivity index (χ1v) is 8.84. The molecule has 140 valence electrons. The Bertz CT molecular complexity index is 1140. The van der Waals surface area contributed by atoms with Crippen LogP contribution < -0.4 is 10.2 Å². The number of hydrogen-bond acceptors (Lipinski definition) is 6. The zero-order chi connectivity index (χ0) is 19.5. The van der Waals surface area contributed by atoms with Gasteiger partial charge in [-0.05, 0) is 43.2 Å². The molecule has 0 unspecified atom stereocenters. The molecule has 1 N–H and O–H groups in total. The van der Waals surface area contributed by atoms with Crippen molar-refractivity contribution in [2.24, 2.45) is 0 Å². The van der Waals surface area contributed by atoms with E-state index in [4.69, 9.17) is 4.74 Å². The van der Waals surface area contributed by atoms with E-state index in [1.165, 1.54) is 6.20 Å². The summed E-state index contributed by atoms with van der Waals surface area (Å²) < 4.78 is 6.95. The molecule has 0 fully saturated rings. The van der Waals surface area contributed by atoms with Crippen LogP contribution in [0.5, 0.6) is 5.75 Å². The molecule has 0 aliphatic heterocycles. The van der Waals surface area contributed by atoms with Crippen molar-refractivity contribution in [3.05, 3.63) is 66.4 Å². The van der Waals surface area contributed by atoms with Gasteiger partial charge in [-0.2, -0.15) is 0 Å². The van der Waals surface area contributed by atoms with E-state index < -0.39 is 6.09 Å². The lowest BCUT2D eigenvalue weighted by molar-refractivity contribution is 0.211. The van der Waals surface area contributed by atoms with Crippen LogP contribution in [0.1, 0.15) is 18.2 Å². The first-order chi connectivity index (χ1) is 13.7. The summed E-state index contributed by atoms with van der Waals surface area (Å²) in [6.07, 6.45) is 6.84. The Hall–Kier alpha value is -3.81. The minimum Gasteiger partial charge on any atom is -0.406 e. The first-order valence-electron chi connectivity index (χ1n) is 8.84. The molecule has 8 nitrogen and oxygen atoms in total. The molecule has 0 saturated carbocycles. The topological polar surface area (TPSA) is 94.8 Å². The highest BCUT2D eigenvalue weighted by atomic mass is 16.6. The lowest BCUT2D eigenvalue weighted by Gasteiger charge is -2.10. The van der Waals surface area contributed by atoms with Crippen LogP contribution in [0, 0.1) is 6.92 Å². The molecule has 4 aromatic heterocycles. The zero-order valence-electron chi connectivity index (χ0n) is 15.5. The predicted molar refractivity (Wildman–Crippen MR) is 104 cm³/mol. The van der Waals surface area contributed by atoms with Gasteiger partial charge in [-0.15, -0.1) is 0 Å². The molecule has 0 aliphatic carbocycles. The van der Waals surface area contributed by atoms with Gasteiger partial charge in [0.25, 0.3) is 0 Å². The van der Waals surface area contributed by atoms with Gasteiger partial charge in [-0.1, -0.05) is 13.0 Å². The number of hydrogen-bond donors (Lipinski definition) is 1. The van der Waals surface area contributed by atoms with Gasteiger partial charge < -0.3 is 4.74 Å². The average Bonchev–Trinajstić information content (AvgIpc) is 3.08. The second kappa shape index (κ2) is 7.43. The number of aryl methyl sites for hydroxylation is 2. The molecule has 0 aromatic carbocycles. The molecule has 8 heteroatoms. The van der Waals surface area contributed by atoms with Crippen LogP contribution in [0.3, 0.4) is 0 Å². The minimum absolute atomic E-state index is 0.275. The van der Waals surface area contributed by atoms with Crippen LogP contribution in [-0.4, -0.2) is 30.7 Å². The van der Waals surface area contributed by atoms with Crippen molar-refractivity contribution in [1.29, 1.82) is 0 Å². The SMILES string of the molecule is CCc1cn(NC(=O)Oc2cnc(-c3ccccn3)nc2C)c2ncccc12. The fraction of sp³-hybridized carbons (Fsp3) is 0.150. The number of ether oxygens (including phenoxy) is 1. The predicted octanol–water partition coefficient (Wildman–Crippen LogP) is 3.50. The summed E-state index contributed by atoms with van der Waals surface area (Å²) in [5.74, 6) is 0.747. The highest BCUT2D eigenvalue weighted by molar-refractivity contribution is 5.85. The van der Waals surface area contributed by atoms with Crippen molar-refractivity contribution in [3.63, 3.8) is 0 Å². The normalized spacial score (nSPS) is 10.8. The third-order valence-electron chi connectivity index (χ3n) is 4.27. The highest BCUT2D eigenvalue weighted by Gasteiger charge is 2.14. The molecule has 28 heavy (non-hydrogen) atoms. The van der Waals surface area contributed by atoms with Crippen LogP contribution in [0.2, 0.25) is 0 Å². The van der Waals surface area contributed by atoms with Crippen LogP contribution in [0.15, 0.2) is 55.1 Å². The molecule has 4 aromatic rings. The second-order valence-electron chi connectivity index (χ2n) is 6.11. The summed E-state index contributed by atoms with van der Waals surface area (Å²) in [5, 5.41) is 0.990. The van der Waals surface area contributed by atoms with E-state index in [1.54, 1.807) is 24.0 Å². The van der Waals surface area contributed by atoms with Crippen molar-refractivity contribution < 1.29 is 9.53 Å². The summed E-state index contributed by atoms with van der Waals surface area (Å²) in [6, 6.07) is 9.34. The molecule has 4 heterocycles. The van der Waals surface area contributed by atoms with Gasteiger partial charge in [0.1, 0.15) is 5.69 Å². The van der Waals surface area contributed by atoms with Crippen molar-refractivity contribution in [2.45, 2.75) is 20.3 Å².